The van der Waals surface area contributed by atoms with E-state index in [1.807, 2.05) is 30.3 Å². The van der Waals surface area contributed by atoms with Crippen LogP contribution in [-0.2, 0) is 0 Å². The van der Waals surface area contributed by atoms with Gasteiger partial charge in [-0.15, -0.1) is 0 Å². The third kappa shape index (κ3) is 2.85. The topological polar surface area (TPSA) is 49.9 Å². The predicted octanol–water partition coefficient (Wildman–Crippen LogP) is 3.26. The largest absolute Gasteiger partial charge is 0.384 e. The molecule has 0 aliphatic carbocycles. The number of amidine groups is 1. The predicted molar refractivity (Wildman–Crippen MR) is 68.0 cm³/mol. The fourth-order valence-corrected chi connectivity index (χ4v) is 2.38. The molecular weight excluding hydrogens is 235 g/mol. The molecule has 2 rings (SSSR count). The second kappa shape index (κ2) is 5.01. The average Bonchev–Trinajstić information content (AvgIpc) is 2.32. The van der Waals surface area contributed by atoms with E-state index in [2.05, 4.69) is 0 Å². The van der Waals surface area contributed by atoms with Gasteiger partial charge in [0.05, 0.1) is 0 Å². The second-order valence-corrected chi connectivity index (χ2v) is 4.58. The normalized spacial score (nSPS) is 10.2. The highest BCUT2D eigenvalue weighted by Crippen LogP contribution is 2.30. The number of nitrogens with two attached hydrogens (primary N) is 1. The van der Waals surface area contributed by atoms with Gasteiger partial charge < -0.3 is 5.73 Å². The fourth-order valence-electron chi connectivity index (χ4n) is 1.42. The number of rotatable bonds is 3. The summed E-state index contributed by atoms with van der Waals surface area (Å²) >= 11 is 1.46. The number of nitrogen functional groups attached to an aromatic ring is 1. The van der Waals surface area contributed by atoms with E-state index in [1.165, 1.54) is 23.9 Å². The van der Waals surface area contributed by atoms with Crippen molar-refractivity contribution in [3.8, 4) is 0 Å². The van der Waals surface area contributed by atoms with E-state index < -0.39 is 0 Å². The molecule has 17 heavy (non-hydrogen) atoms. The molecule has 0 aromatic heterocycles. The first-order chi connectivity index (χ1) is 8.16. The zero-order valence-corrected chi connectivity index (χ0v) is 9.80. The molecule has 0 saturated carbocycles. The van der Waals surface area contributed by atoms with Gasteiger partial charge in [0, 0.05) is 15.4 Å². The SMILES string of the molecule is N=C(N)c1cc(F)ccc1Sc1ccccc1. The van der Waals surface area contributed by atoms with Crippen molar-refractivity contribution in [2.45, 2.75) is 9.79 Å². The Labute approximate surface area is 103 Å². The summed E-state index contributed by atoms with van der Waals surface area (Å²) in [5.74, 6) is -0.504. The van der Waals surface area contributed by atoms with Crippen LogP contribution in [-0.4, -0.2) is 5.84 Å². The number of benzene rings is 2. The summed E-state index contributed by atoms with van der Waals surface area (Å²) in [6.07, 6.45) is 0. The molecule has 3 N–H and O–H groups in total. The van der Waals surface area contributed by atoms with Crippen LogP contribution < -0.4 is 5.73 Å². The molecule has 0 saturated heterocycles. The molecule has 0 amide bonds. The zero-order valence-electron chi connectivity index (χ0n) is 8.98. The van der Waals surface area contributed by atoms with Crippen LogP contribution in [0.3, 0.4) is 0 Å². The summed E-state index contributed by atoms with van der Waals surface area (Å²) in [6.45, 7) is 0. The van der Waals surface area contributed by atoms with Crippen molar-refractivity contribution in [1.29, 1.82) is 5.41 Å². The highest BCUT2D eigenvalue weighted by molar-refractivity contribution is 7.99. The lowest BCUT2D eigenvalue weighted by molar-refractivity contribution is 0.626. The van der Waals surface area contributed by atoms with Crippen LogP contribution in [0, 0.1) is 11.2 Å². The van der Waals surface area contributed by atoms with Crippen molar-refractivity contribution >= 4 is 17.6 Å². The second-order valence-electron chi connectivity index (χ2n) is 3.47. The molecule has 0 spiro atoms. The Morgan fingerprint density at radius 2 is 1.82 bits per heavy atom. The van der Waals surface area contributed by atoms with E-state index in [0.717, 1.165) is 9.79 Å². The first kappa shape index (κ1) is 11.7. The highest BCUT2D eigenvalue weighted by Gasteiger charge is 2.08. The van der Waals surface area contributed by atoms with Crippen molar-refractivity contribution in [2.75, 3.05) is 0 Å². The lowest BCUT2D eigenvalue weighted by Gasteiger charge is -2.07. The summed E-state index contributed by atoms with van der Waals surface area (Å²) in [4.78, 5) is 1.81. The van der Waals surface area contributed by atoms with Gasteiger partial charge in [-0.05, 0) is 30.3 Å². The van der Waals surface area contributed by atoms with Gasteiger partial charge in [0.15, 0.2) is 0 Å². The first-order valence-electron chi connectivity index (χ1n) is 5.03. The lowest BCUT2D eigenvalue weighted by atomic mass is 10.2. The quantitative estimate of drug-likeness (QED) is 0.645. The van der Waals surface area contributed by atoms with Crippen LogP contribution in [0.5, 0.6) is 0 Å². The van der Waals surface area contributed by atoms with E-state index >= 15 is 0 Å². The Morgan fingerprint density at radius 3 is 2.47 bits per heavy atom. The molecule has 86 valence electrons. The molecule has 0 atom stereocenters. The van der Waals surface area contributed by atoms with Crippen LogP contribution in [0.25, 0.3) is 0 Å². The molecule has 2 aromatic rings. The molecular formula is C13H11FN2S. The fraction of sp³-hybridized carbons (Fsp3) is 0. The number of halogens is 1. The van der Waals surface area contributed by atoms with Crippen LogP contribution in [0.4, 0.5) is 4.39 Å². The smallest absolute Gasteiger partial charge is 0.124 e. The Bertz CT molecular complexity index is 540. The molecule has 2 nitrogen and oxygen atoms in total. The third-order valence-corrected chi connectivity index (χ3v) is 3.29. The molecule has 0 aliphatic rings. The summed E-state index contributed by atoms with van der Waals surface area (Å²) < 4.78 is 13.1. The van der Waals surface area contributed by atoms with Crippen molar-refractivity contribution in [1.82, 2.24) is 0 Å². The van der Waals surface area contributed by atoms with Gasteiger partial charge in [0.1, 0.15) is 11.7 Å². The Balaban J connectivity index is 2.36. The standard InChI is InChI=1S/C13H11FN2S/c14-9-6-7-12(11(8-9)13(15)16)17-10-4-2-1-3-5-10/h1-8H,(H3,15,16). The number of hydrogen-bond acceptors (Lipinski definition) is 2. The molecule has 4 heteroatoms. The van der Waals surface area contributed by atoms with Crippen molar-refractivity contribution in [2.24, 2.45) is 5.73 Å². The molecule has 0 bridgehead atoms. The molecule has 0 aliphatic heterocycles. The Morgan fingerprint density at radius 1 is 1.12 bits per heavy atom. The monoisotopic (exact) mass is 246 g/mol. The van der Waals surface area contributed by atoms with Crippen molar-refractivity contribution < 1.29 is 4.39 Å². The lowest BCUT2D eigenvalue weighted by Crippen LogP contribution is -2.12. The van der Waals surface area contributed by atoms with Gasteiger partial charge in [-0.2, -0.15) is 0 Å². The minimum absolute atomic E-state index is 0.122. The van der Waals surface area contributed by atoms with E-state index in [4.69, 9.17) is 11.1 Å². The van der Waals surface area contributed by atoms with Crippen LogP contribution in [0.15, 0.2) is 58.3 Å². The van der Waals surface area contributed by atoms with Crippen LogP contribution in [0.2, 0.25) is 0 Å². The van der Waals surface area contributed by atoms with Crippen molar-refractivity contribution in [3.05, 3.63) is 59.9 Å². The Hall–Kier alpha value is -1.81. The molecule has 0 radical (unpaired) electrons. The van der Waals surface area contributed by atoms with E-state index in [0.29, 0.717) is 5.56 Å². The summed E-state index contributed by atoms with van der Waals surface area (Å²) in [5.41, 5.74) is 5.87. The van der Waals surface area contributed by atoms with Gasteiger partial charge in [-0.3, -0.25) is 5.41 Å². The number of nitrogens with one attached hydrogen (secondary N) is 1. The molecule has 0 unspecified atom stereocenters. The van der Waals surface area contributed by atoms with E-state index in [9.17, 15) is 4.39 Å². The summed E-state index contributed by atoms with van der Waals surface area (Å²) in [7, 11) is 0. The average molecular weight is 246 g/mol. The molecule has 2 aromatic carbocycles. The van der Waals surface area contributed by atoms with E-state index in [1.54, 1.807) is 6.07 Å². The zero-order chi connectivity index (χ0) is 12.3. The van der Waals surface area contributed by atoms with Crippen LogP contribution >= 0.6 is 11.8 Å². The van der Waals surface area contributed by atoms with Crippen LogP contribution in [0.1, 0.15) is 5.56 Å². The van der Waals surface area contributed by atoms with Gasteiger partial charge in [-0.1, -0.05) is 30.0 Å². The van der Waals surface area contributed by atoms with Gasteiger partial charge in [-0.25, -0.2) is 4.39 Å². The number of hydrogen-bond donors (Lipinski definition) is 2. The third-order valence-electron chi connectivity index (χ3n) is 2.20. The maximum Gasteiger partial charge on any atom is 0.124 e. The van der Waals surface area contributed by atoms with Gasteiger partial charge in [0.25, 0.3) is 0 Å². The van der Waals surface area contributed by atoms with Gasteiger partial charge in [0.2, 0.25) is 0 Å². The first-order valence-corrected chi connectivity index (χ1v) is 5.85. The van der Waals surface area contributed by atoms with Crippen molar-refractivity contribution in [3.63, 3.8) is 0 Å². The Kier molecular flexibility index (Phi) is 3.44. The molecule has 0 fully saturated rings. The minimum atomic E-state index is -0.382. The summed E-state index contributed by atoms with van der Waals surface area (Å²) in [6, 6.07) is 14.0. The summed E-state index contributed by atoms with van der Waals surface area (Å²) in [5, 5.41) is 7.44. The maximum atomic E-state index is 13.1. The highest BCUT2D eigenvalue weighted by atomic mass is 32.2. The maximum absolute atomic E-state index is 13.1. The minimum Gasteiger partial charge on any atom is -0.384 e. The van der Waals surface area contributed by atoms with Gasteiger partial charge >= 0.3 is 0 Å². The molecule has 0 heterocycles. The van der Waals surface area contributed by atoms with E-state index in [-0.39, 0.29) is 11.7 Å².